The second-order valence-electron chi connectivity index (χ2n) is 1.26. The number of alkyl halides is 3. The molecule has 0 aliphatic rings. The standard InChI is InChI=1S/C4H4F4O/c1-3(5)9-2-4(6,7)8/h1-2H2. The Bertz CT molecular complexity index is 106. The number of halogens is 4. The second kappa shape index (κ2) is 2.70. The summed E-state index contributed by atoms with van der Waals surface area (Å²) in [6, 6.07) is -1.42. The molecule has 1 nitrogen and oxygen atoms in total. The lowest BCUT2D eigenvalue weighted by Gasteiger charge is -2.04. The summed E-state index contributed by atoms with van der Waals surface area (Å²) in [5, 5.41) is 0. The quantitative estimate of drug-likeness (QED) is 0.425. The normalized spacial score (nSPS) is 11.1. The van der Waals surface area contributed by atoms with Gasteiger partial charge in [-0.25, -0.2) is 0 Å². The Labute approximate surface area is 48.9 Å². The fourth-order valence-corrected chi connectivity index (χ4v) is 0.160. The van der Waals surface area contributed by atoms with Crippen molar-refractivity contribution >= 4 is 0 Å². The highest BCUT2D eigenvalue weighted by Gasteiger charge is 2.28. The molecule has 9 heavy (non-hydrogen) atoms. The smallest absolute Gasteiger partial charge is 0.422 e. The van der Waals surface area contributed by atoms with E-state index in [0.717, 1.165) is 0 Å². The summed E-state index contributed by atoms with van der Waals surface area (Å²) in [5.74, 6) is 0. The number of rotatable bonds is 2. The van der Waals surface area contributed by atoms with E-state index in [0.29, 0.717) is 0 Å². The van der Waals surface area contributed by atoms with Gasteiger partial charge in [0.05, 0.1) is 0 Å². The Morgan fingerprint density at radius 2 is 1.89 bits per heavy atom. The molecule has 54 valence electrons. The Balaban J connectivity index is 3.39. The maximum absolute atomic E-state index is 11.3. The number of hydrogen-bond donors (Lipinski definition) is 0. The van der Waals surface area contributed by atoms with Crippen molar-refractivity contribution in [3.63, 3.8) is 0 Å². The molecule has 0 amide bonds. The molecule has 0 saturated heterocycles. The zero-order valence-electron chi connectivity index (χ0n) is 4.33. The molecule has 0 atom stereocenters. The van der Waals surface area contributed by atoms with E-state index in [4.69, 9.17) is 0 Å². The molecule has 0 aromatic heterocycles. The van der Waals surface area contributed by atoms with Crippen molar-refractivity contribution in [1.82, 2.24) is 0 Å². The van der Waals surface area contributed by atoms with Gasteiger partial charge in [-0.15, -0.1) is 0 Å². The van der Waals surface area contributed by atoms with Gasteiger partial charge in [0, 0.05) is 0 Å². The predicted molar refractivity (Wildman–Crippen MR) is 22.3 cm³/mol. The van der Waals surface area contributed by atoms with Gasteiger partial charge in [0.25, 0.3) is 6.01 Å². The molecule has 0 radical (unpaired) electrons. The fraction of sp³-hybridized carbons (Fsp3) is 0.500. The molecule has 0 rings (SSSR count). The van der Waals surface area contributed by atoms with Crippen molar-refractivity contribution in [2.24, 2.45) is 0 Å². The number of hydrogen-bond acceptors (Lipinski definition) is 1. The van der Waals surface area contributed by atoms with Crippen molar-refractivity contribution < 1.29 is 22.3 Å². The SMILES string of the molecule is C=C(F)OCC(F)(F)F. The van der Waals surface area contributed by atoms with Crippen molar-refractivity contribution in [2.45, 2.75) is 6.18 Å². The Hall–Kier alpha value is -0.740. The van der Waals surface area contributed by atoms with E-state index in [2.05, 4.69) is 11.3 Å². The first kappa shape index (κ1) is 8.26. The molecule has 0 saturated carbocycles. The van der Waals surface area contributed by atoms with Crippen LogP contribution in [0, 0.1) is 0 Å². The van der Waals surface area contributed by atoms with Crippen molar-refractivity contribution in [1.29, 1.82) is 0 Å². The zero-order valence-corrected chi connectivity index (χ0v) is 4.33. The van der Waals surface area contributed by atoms with Gasteiger partial charge in [-0.05, 0) is 6.58 Å². The molecule has 0 unspecified atom stereocenters. The molecule has 0 bridgehead atoms. The molecule has 0 aliphatic heterocycles. The fourth-order valence-electron chi connectivity index (χ4n) is 0.160. The third kappa shape index (κ3) is 7.26. The van der Waals surface area contributed by atoms with Crippen molar-refractivity contribution in [2.75, 3.05) is 6.61 Å². The van der Waals surface area contributed by atoms with Crippen LogP contribution in [0.5, 0.6) is 0 Å². The van der Waals surface area contributed by atoms with E-state index in [-0.39, 0.29) is 0 Å². The third-order valence-electron chi connectivity index (χ3n) is 0.392. The molecule has 0 heterocycles. The van der Waals surface area contributed by atoms with Crippen LogP contribution in [0.3, 0.4) is 0 Å². The van der Waals surface area contributed by atoms with Gasteiger partial charge in [-0.1, -0.05) is 0 Å². The molecule has 0 aliphatic carbocycles. The van der Waals surface area contributed by atoms with Gasteiger partial charge in [-0.2, -0.15) is 17.6 Å². The van der Waals surface area contributed by atoms with Crippen molar-refractivity contribution in [3.8, 4) is 0 Å². The lowest BCUT2D eigenvalue weighted by Crippen LogP contribution is -2.15. The third-order valence-corrected chi connectivity index (χ3v) is 0.392. The summed E-state index contributed by atoms with van der Waals surface area (Å²) >= 11 is 0. The first-order chi connectivity index (χ1) is 3.92. The predicted octanol–water partition coefficient (Wildman–Crippen LogP) is 2.01. The van der Waals surface area contributed by atoms with Crippen LogP contribution in [0.15, 0.2) is 12.6 Å². The van der Waals surface area contributed by atoms with E-state index in [1.165, 1.54) is 0 Å². The van der Waals surface area contributed by atoms with Gasteiger partial charge >= 0.3 is 6.18 Å². The van der Waals surface area contributed by atoms with Gasteiger partial charge < -0.3 is 4.74 Å². The summed E-state index contributed by atoms with van der Waals surface area (Å²) in [4.78, 5) is 0. The van der Waals surface area contributed by atoms with Crippen LogP contribution in [0.25, 0.3) is 0 Å². The topological polar surface area (TPSA) is 9.23 Å². The highest BCUT2D eigenvalue weighted by molar-refractivity contribution is 4.64. The minimum absolute atomic E-state index is 1.42. The summed E-state index contributed by atoms with van der Waals surface area (Å²) in [5.41, 5.74) is 0. The molecule has 0 N–H and O–H groups in total. The van der Waals surface area contributed by atoms with Crippen molar-refractivity contribution in [3.05, 3.63) is 12.6 Å². The highest BCUT2D eigenvalue weighted by atomic mass is 19.4. The molecule has 0 aromatic rings. The van der Waals surface area contributed by atoms with E-state index in [1.807, 2.05) is 0 Å². The van der Waals surface area contributed by atoms with Crippen LogP contribution in [0.2, 0.25) is 0 Å². The lowest BCUT2D eigenvalue weighted by molar-refractivity contribution is -0.169. The van der Waals surface area contributed by atoms with Crippen LogP contribution in [0.1, 0.15) is 0 Å². The molecule has 0 fully saturated rings. The lowest BCUT2D eigenvalue weighted by atomic mass is 10.7. The molecular formula is C4H4F4O. The van der Waals surface area contributed by atoms with E-state index in [9.17, 15) is 17.6 Å². The zero-order chi connectivity index (χ0) is 7.49. The second-order valence-corrected chi connectivity index (χ2v) is 1.26. The van der Waals surface area contributed by atoms with Crippen LogP contribution in [0.4, 0.5) is 17.6 Å². The van der Waals surface area contributed by atoms with Crippen LogP contribution < -0.4 is 0 Å². The summed E-state index contributed by atoms with van der Waals surface area (Å²) in [7, 11) is 0. The first-order valence-electron chi connectivity index (χ1n) is 1.96. The minimum Gasteiger partial charge on any atom is -0.462 e. The maximum Gasteiger partial charge on any atom is 0.422 e. The monoisotopic (exact) mass is 144 g/mol. The maximum atomic E-state index is 11.3. The minimum atomic E-state index is -4.49. The van der Waals surface area contributed by atoms with E-state index < -0.39 is 18.8 Å². The Kier molecular flexibility index (Phi) is 2.48. The molecule has 0 spiro atoms. The van der Waals surface area contributed by atoms with Gasteiger partial charge in [0.2, 0.25) is 0 Å². The average Bonchev–Trinajstić information content (AvgIpc) is 1.59. The van der Waals surface area contributed by atoms with Crippen LogP contribution in [-0.4, -0.2) is 12.8 Å². The Morgan fingerprint density at radius 3 is 2.00 bits per heavy atom. The largest absolute Gasteiger partial charge is 0.462 e. The molecule has 0 aromatic carbocycles. The van der Waals surface area contributed by atoms with Gasteiger partial charge in [-0.3, -0.25) is 0 Å². The van der Waals surface area contributed by atoms with Crippen LogP contribution >= 0.6 is 0 Å². The summed E-state index contributed by atoms with van der Waals surface area (Å²) in [6.07, 6.45) is -4.49. The van der Waals surface area contributed by atoms with Gasteiger partial charge in [0.15, 0.2) is 6.61 Å². The number of ether oxygens (including phenoxy) is 1. The molecular weight excluding hydrogens is 140 g/mol. The van der Waals surface area contributed by atoms with Gasteiger partial charge in [0.1, 0.15) is 0 Å². The average molecular weight is 144 g/mol. The molecule has 5 heteroatoms. The van der Waals surface area contributed by atoms with Crippen LogP contribution in [-0.2, 0) is 4.74 Å². The summed E-state index contributed by atoms with van der Waals surface area (Å²) < 4.78 is 48.0. The van der Waals surface area contributed by atoms with E-state index in [1.54, 1.807) is 0 Å². The highest BCUT2D eigenvalue weighted by Crippen LogP contribution is 2.15. The first-order valence-corrected chi connectivity index (χ1v) is 1.96. The Morgan fingerprint density at radius 1 is 1.44 bits per heavy atom. The van der Waals surface area contributed by atoms with E-state index >= 15 is 0 Å². The summed E-state index contributed by atoms with van der Waals surface area (Å²) in [6.45, 7) is 0.847.